The molecule has 8 nitrogen and oxygen atoms in total. The third-order valence-electron chi connectivity index (χ3n) is 4.54. The van der Waals surface area contributed by atoms with Crippen LogP contribution in [0, 0.1) is 0 Å². The van der Waals surface area contributed by atoms with Gasteiger partial charge in [0.15, 0.2) is 5.58 Å². The molecule has 3 aromatic heterocycles. The summed E-state index contributed by atoms with van der Waals surface area (Å²) in [5, 5.41) is 7.66. The lowest BCUT2D eigenvalue weighted by atomic mass is 9.93. The number of nitrogens with one attached hydrogen (secondary N) is 4. The van der Waals surface area contributed by atoms with Crippen molar-refractivity contribution in [2.45, 2.75) is 25.3 Å². The van der Waals surface area contributed by atoms with Crippen LogP contribution in [0.5, 0.6) is 0 Å². The molecule has 25 heavy (non-hydrogen) atoms. The topological polar surface area (TPSA) is 112 Å². The molecule has 0 unspecified atom stereocenters. The molecule has 0 radical (unpaired) electrons. The third-order valence-corrected chi connectivity index (χ3v) is 4.54. The first-order valence-corrected chi connectivity index (χ1v) is 8.26. The molecule has 1 saturated carbocycles. The van der Waals surface area contributed by atoms with Gasteiger partial charge in [0.25, 0.3) is 0 Å². The van der Waals surface area contributed by atoms with Gasteiger partial charge in [-0.25, -0.2) is 4.79 Å². The summed E-state index contributed by atoms with van der Waals surface area (Å²) in [5.41, 5.74) is 2.69. The number of nitrogens with zero attached hydrogens (tertiary/aromatic N) is 2. The van der Waals surface area contributed by atoms with E-state index in [-0.39, 0.29) is 0 Å². The van der Waals surface area contributed by atoms with Gasteiger partial charge in [0, 0.05) is 17.9 Å². The van der Waals surface area contributed by atoms with Crippen molar-refractivity contribution in [1.82, 2.24) is 19.9 Å². The third kappa shape index (κ3) is 2.51. The number of hydrogen-bond acceptors (Lipinski definition) is 6. The number of benzene rings is 1. The summed E-state index contributed by atoms with van der Waals surface area (Å²) >= 11 is 0. The minimum atomic E-state index is -0.469. The van der Waals surface area contributed by atoms with Crippen molar-refractivity contribution in [3.63, 3.8) is 0 Å². The molecule has 0 spiro atoms. The van der Waals surface area contributed by atoms with Crippen molar-refractivity contribution >= 4 is 39.6 Å². The molecule has 4 N–H and O–H groups in total. The first-order chi connectivity index (χ1) is 12.2. The molecule has 0 amide bonds. The Morgan fingerprint density at radius 2 is 2.12 bits per heavy atom. The highest BCUT2D eigenvalue weighted by atomic mass is 16.4. The molecule has 0 saturated heterocycles. The fourth-order valence-electron chi connectivity index (χ4n) is 3.01. The Kier molecular flexibility index (Phi) is 3.03. The molecule has 1 fully saturated rings. The van der Waals surface area contributed by atoms with Gasteiger partial charge < -0.3 is 20.0 Å². The maximum atomic E-state index is 11.3. The first-order valence-electron chi connectivity index (χ1n) is 8.26. The molecule has 1 aliphatic rings. The lowest BCUT2D eigenvalue weighted by Crippen LogP contribution is -2.27. The Morgan fingerprint density at radius 1 is 1.20 bits per heavy atom. The van der Waals surface area contributed by atoms with E-state index >= 15 is 0 Å². The molecule has 4 aromatic rings. The monoisotopic (exact) mass is 336 g/mol. The van der Waals surface area contributed by atoms with E-state index in [1.807, 2.05) is 18.3 Å². The summed E-state index contributed by atoms with van der Waals surface area (Å²) in [6.07, 6.45) is 5.46. The second kappa shape index (κ2) is 5.37. The average Bonchev–Trinajstić information content (AvgIpc) is 3.15. The van der Waals surface area contributed by atoms with Crippen molar-refractivity contribution in [1.29, 1.82) is 0 Å². The van der Waals surface area contributed by atoms with Gasteiger partial charge >= 0.3 is 5.76 Å². The van der Waals surface area contributed by atoms with Crippen LogP contribution in [0.15, 0.2) is 39.7 Å². The van der Waals surface area contributed by atoms with Gasteiger partial charge in [-0.2, -0.15) is 9.97 Å². The van der Waals surface area contributed by atoms with Crippen molar-refractivity contribution in [2.24, 2.45) is 0 Å². The molecule has 5 rings (SSSR count). The molecule has 126 valence electrons. The number of fused-ring (bicyclic) bond motifs is 2. The molecular weight excluding hydrogens is 320 g/mol. The minimum Gasteiger partial charge on any atom is -0.408 e. The van der Waals surface area contributed by atoms with Crippen LogP contribution < -0.4 is 16.4 Å². The first kappa shape index (κ1) is 14.1. The van der Waals surface area contributed by atoms with E-state index < -0.39 is 5.76 Å². The normalized spacial score (nSPS) is 14.7. The Bertz CT molecular complexity index is 1120. The standard InChI is InChI=1S/C17H16N6O2/c24-17-21-12-8-10(4-5-13(12)25-17)20-16-22-14-11(6-7-18-14)15(23-16)19-9-2-1-3-9/h4-9H,1-3H2,(H,21,24)(H3,18,19,20,22,23). The van der Waals surface area contributed by atoms with E-state index in [1.54, 1.807) is 12.1 Å². The molecular formula is C17H16N6O2. The zero-order valence-electron chi connectivity index (χ0n) is 13.3. The molecule has 0 bridgehead atoms. The highest BCUT2D eigenvalue weighted by Gasteiger charge is 2.19. The summed E-state index contributed by atoms with van der Waals surface area (Å²) in [5.74, 6) is 0.849. The molecule has 8 heteroatoms. The van der Waals surface area contributed by atoms with Crippen LogP contribution in [0.25, 0.3) is 22.1 Å². The van der Waals surface area contributed by atoms with Crippen LogP contribution in [-0.2, 0) is 0 Å². The molecule has 0 aliphatic heterocycles. The van der Waals surface area contributed by atoms with Gasteiger partial charge in [-0.15, -0.1) is 0 Å². The zero-order chi connectivity index (χ0) is 16.8. The summed E-state index contributed by atoms with van der Waals surface area (Å²) in [4.78, 5) is 26.2. The van der Waals surface area contributed by atoms with E-state index in [2.05, 4.69) is 30.6 Å². The summed E-state index contributed by atoms with van der Waals surface area (Å²) in [6, 6.07) is 7.80. The summed E-state index contributed by atoms with van der Waals surface area (Å²) < 4.78 is 5.02. The molecule has 3 heterocycles. The maximum absolute atomic E-state index is 11.3. The summed E-state index contributed by atoms with van der Waals surface area (Å²) in [7, 11) is 0. The second-order valence-electron chi connectivity index (χ2n) is 6.26. The van der Waals surface area contributed by atoms with Gasteiger partial charge in [0.1, 0.15) is 11.5 Å². The number of rotatable bonds is 4. The lowest BCUT2D eigenvalue weighted by Gasteiger charge is -2.27. The Hall–Kier alpha value is -3.29. The van der Waals surface area contributed by atoms with E-state index in [9.17, 15) is 4.79 Å². The summed E-state index contributed by atoms with van der Waals surface area (Å²) in [6.45, 7) is 0. The van der Waals surface area contributed by atoms with Crippen LogP contribution in [0.4, 0.5) is 17.5 Å². The van der Waals surface area contributed by atoms with E-state index in [4.69, 9.17) is 4.42 Å². The number of oxazole rings is 1. The quantitative estimate of drug-likeness (QED) is 0.456. The van der Waals surface area contributed by atoms with Crippen LogP contribution in [-0.4, -0.2) is 26.0 Å². The van der Waals surface area contributed by atoms with Crippen LogP contribution in [0.3, 0.4) is 0 Å². The fraction of sp³-hybridized carbons (Fsp3) is 0.235. The number of H-pyrrole nitrogens is 2. The van der Waals surface area contributed by atoms with E-state index in [1.165, 1.54) is 19.3 Å². The number of aromatic amines is 2. The Labute approximate surface area is 141 Å². The number of anilines is 3. The lowest BCUT2D eigenvalue weighted by molar-refractivity contribution is 0.445. The Morgan fingerprint density at radius 3 is 2.96 bits per heavy atom. The van der Waals surface area contributed by atoms with Gasteiger partial charge in [0.05, 0.1) is 10.9 Å². The predicted octanol–water partition coefficient (Wildman–Crippen LogP) is 3.10. The van der Waals surface area contributed by atoms with Gasteiger partial charge in [-0.3, -0.25) is 4.98 Å². The number of hydrogen-bond donors (Lipinski definition) is 4. The van der Waals surface area contributed by atoms with Crippen molar-refractivity contribution < 1.29 is 4.42 Å². The van der Waals surface area contributed by atoms with Crippen LogP contribution >= 0.6 is 0 Å². The van der Waals surface area contributed by atoms with Crippen molar-refractivity contribution in [3.05, 3.63) is 41.0 Å². The highest BCUT2D eigenvalue weighted by molar-refractivity contribution is 5.88. The van der Waals surface area contributed by atoms with Gasteiger partial charge in [-0.1, -0.05) is 0 Å². The Balaban J connectivity index is 1.51. The number of aromatic nitrogens is 4. The maximum Gasteiger partial charge on any atom is 0.417 e. The smallest absolute Gasteiger partial charge is 0.408 e. The average molecular weight is 336 g/mol. The van der Waals surface area contributed by atoms with E-state index in [0.29, 0.717) is 23.1 Å². The molecule has 0 atom stereocenters. The van der Waals surface area contributed by atoms with Crippen LogP contribution in [0.2, 0.25) is 0 Å². The van der Waals surface area contributed by atoms with Gasteiger partial charge in [0.2, 0.25) is 5.95 Å². The minimum absolute atomic E-state index is 0.469. The van der Waals surface area contributed by atoms with Gasteiger partial charge in [-0.05, 0) is 43.5 Å². The zero-order valence-corrected chi connectivity index (χ0v) is 13.3. The van der Waals surface area contributed by atoms with Crippen molar-refractivity contribution in [3.8, 4) is 0 Å². The largest absolute Gasteiger partial charge is 0.417 e. The van der Waals surface area contributed by atoms with Crippen molar-refractivity contribution in [2.75, 3.05) is 10.6 Å². The molecule has 1 aromatic carbocycles. The second-order valence-corrected chi connectivity index (χ2v) is 6.26. The SMILES string of the molecule is O=c1[nH]c2cc(Nc3nc(NC4CCC4)c4cc[nH]c4n3)ccc2o1. The molecule has 1 aliphatic carbocycles. The van der Waals surface area contributed by atoms with Crippen LogP contribution in [0.1, 0.15) is 19.3 Å². The predicted molar refractivity (Wildman–Crippen MR) is 95.3 cm³/mol. The van der Waals surface area contributed by atoms with E-state index in [0.717, 1.165) is 22.5 Å². The highest BCUT2D eigenvalue weighted by Crippen LogP contribution is 2.28. The fourth-order valence-corrected chi connectivity index (χ4v) is 3.01.